The Kier molecular flexibility index (Phi) is 4.06. The number of hydrogen-bond acceptors (Lipinski definition) is 3. The van der Waals surface area contributed by atoms with Crippen LogP contribution in [0.4, 0.5) is 5.69 Å². The molecule has 0 aromatic heterocycles. The molecule has 2 amide bonds. The first kappa shape index (κ1) is 14.3. The van der Waals surface area contributed by atoms with E-state index in [4.69, 9.17) is 0 Å². The van der Waals surface area contributed by atoms with Crippen molar-refractivity contribution in [3.63, 3.8) is 0 Å². The first-order valence-electron chi connectivity index (χ1n) is 7.90. The monoisotopic (exact) mass is 286 g/mol. The summed E-state index contributed by atoms with van der Waals surface area (Å²) in [4.78, 5) is 26.6. The van der Waals surface area contributed by atoms with E-state index in [9.17, 15) is 9.59 Å². The van der Waals surface area contributed by atoms with E-state index in [-0.39, 0.29) is 23.7 Å². The van der Waals surface area contributed by atoms with Crippen molar-refractivity contribution in [2.24, 2.45) is 11.8 Å². The molecule has 1 saturated heterocycles. The lowest BCUT2D eigenvalue weighted by atomic mass is 9.81. The molecule has 1 aliphatic heterocycles. The minimum absolute atomic E-state index is 0.00491. The minimum Gasteiger partial charge on any atom is -0.313 e. The van der Waals surface area contributed by atoms with Crippen LogP contribution in [-0.4, -0.2) is 18.4 Å². The zero-order valence-corrected chi connectivity index (χ0v) is 12.5. The smallest absolute Gasteiger partial charge is 0.237 e. The fourth-order valence-electron chi connectivity index (χ4n) is 3.49. The van der Waals surface area contributed by atoms with Gasteiger partial charge >= 0.3 is 0 Å². The third-order valence-electron chi connectivity index (χ3n) is 4.59. The number of rotatable bonds is 4. The molecule has 1 N–H and O–H groups in total. The molecule has 0 spiro atoms. The summed E-state index contributed by atoms with van der Waals surface area (Å²) in [5, 5.41) is 3.27. The Balaban J connectivity index is 1.86. The highest BCUT2D eigenvalue weighted by Crippen LogP contribution is 2.40. The molecule has 0 radical (unpaired) electrons. The van der Waals surface area contributed by atoms with Gasteiger partial charge in [-0.05, 0) is 37.1 Å². The van der Waals surface area contributed by atoms with Gasteiger partial charge in [-0.25, -0.2) is 0 Å². The van der Waals surface area contributed by atoms with Crippen molar-refractivity contribution in [2.45, 2.75) is 39.2 Å². The highest BCUT2D eigenvalue weighted by Gasteiger charge is 2.48. The Bertz CT molecular complexity index is 531. The van der Waals surface area contributed by atoms with Gasteiger partial charge < -0.3 is 5.32 Å². The molecule has 2 atom stereocenters. The molecule has 0 bridgehead atoms. The zero-order chi connectivity index (χ0) is 14.8. The molecule has 21 heavy (non-hydrogen) atoms. The third-order valence-corrected chi connectivity index (χ3v) is 4.59. The average molecular weight is 286 g/mol. The average Bonchev–Trinajstić information content (AvgIpc) is 2.78. The van der Waals surface area contributed by atoms with Crippen molar-refractivity contribution in [1.29, 1.82) is 0 Å². The van der Waals surface area contributed by atoms with Gasteiger partial charge in [-0.3, -0.25) is 14.5 Å². The molecule has 2 fully saturated rings. The van der Waals surface area contributed by atoms with Gasteiger partial charge in [-0.2, -0.15) is 0 Å². The number of amides is 2. The van der Waals surface area contributed by atoms with Gasteiger partial charge in [0.15, 0.2) is 0 Å². The van der Waals surface area contributed by atoms with Gasteiger partial charge in [0.2, 0.25) is 11.8 Å². The first-order chi connectivity index (χ1) is 10.2. The maximum Gasteiger partial charge on any atom is 0.237 e. The van der Waals surface area contributed by atoms with E-state index in [1.54, 1.807) is 0 Å². The summed E-state index contributed by atoms with van der Waals surface area (Å²) in [5.74, 6) is -0.150. The van der Waals surface area contributed by atoms with E-state index in [2.05, 4.69) is 12.2 Å². The van der Waals surface area contributed by atoms with E-state index >= 15 is 0 Å². The number of benzene rings is 1. The van der Waals surface area contributed by atoms with Crippen molar-refractivity contribution in [3.8, 4) is 0 Å². The van der Waals surface area contributed by atoms with Crippen LogP contribution in [0.5, 0.6) is 0 Å². The second-order valence-corrected chi connectivity index (χ2v) is 5.96. The minimum atomic E-state index is -0.0799. The number of fused-ring (bicyclic) bond motifs is 1. The van der Waals surface area contributed by atoms with E-state index < -0.39 is 0 Å². The standard InChI is InChI=1S/C17H22N2O2/c1-2-18-11-12-6-5-7-13(10-12)19-16(20)14-8-3-4-9-15(14)17(19)21/h5-7,10,14-15,18H,2-4,8-9,11H2,1H3. The summed E-state index contributed by atoms with van der Waals surface area (Å²) in [5.41, 5.74) is 1.83. The van der Waals surface area contributed by atoms with Crippen LogP contribution in [0.3, 0.4) is 0 Å². The number of nitrogens with zero attached hydrogens (tertiary/aromatic N) is 1. The maximum absolute atomic E-state index is 12.6. The largest absolute Gasteiger partial charge is 0.313 e. The predicted molar refractivity (Wildman–Crippen MR) is 81.8 cm³/mol. The van der Waals surface area contributed by atoms with Crippen molar-refractivity contribution in [3.05, 3.63) is 29.8 Å². The number of anilines is 1. The van der Waals surface area contributed by atoms with E-state index in [0.29, 0.717) is 0 Å². The highest BCUT2D eigenvalue weighted by molar-refractivity contribution is 6.22. The molecular weight excluding hydrogens is 264 g/mol. The Morgan fingerprint density at radius 2 is 1.81 bits per heavy atom. The van der Waals surface area contributed by atoms with Gasteiger partial charge in [0, 0.05) is 6.54 Å². The van der Waals surface area contributed by atoms with Crippen LogP contribution in [0.2, 0.25) is 0 Å². The highest BCUT2D eigenvalue weighted by atomic mass is 16.2. The van der Waals surface area contributed by atoms with Crippen molar-refractivity contribution in [1.82, 2.24) is 5.32 Å². The molecule has 112 valence electrons. The Morgan fingerprint density at radius 3 is 2.43 bits per heavy atom. The van der Waals surface area contributed by atoms with Crippen LogP contribution >= 0.6 is 0 Å². The lowest BCUT2D eigenvalue weighted by Crippen LogP contribution is -2.31. The molecule has 4 nitrogen and oxygen atoms in total. The lowest BCUT2D eigenvalue weighted by Gasteiger charge is -2.19. The molecule has 2 unspecified atom stereocenters. The van der Waals surface area contributed by atoms with Crippen molar-refractivity contribution in [2.75, 3.05) is 11.4 Å². The Hall–Kier alpha value is -1.68. The molecule has 1 heterocycles. The van der Waals surface area contributed by atoms with Crippen LogP contribution in [0.15, 0.2) is 24.3 Å². The molecule has 4 heteroatoms. The predicted octanol–water partition coefficient (Wildman–Crippen LogP) is 2.48. The second kappa shape index (κ2) is 5.98. The molecule has 2 aliphatic rings. The van der Waals surface area contributed by atoms with E-state index in [0.717, 1.165) is 50.0 Å². The van der Waals surface area contributed by atoms with E-state index in [1.807, 2.05) is 24.3 Å². The lowest BCUT2D eigenvalue weighted by molar-refractivity contribution is -0.122. The van der Waals surface area contributed by atoms with Gasteiger partial charge in [-0.15, -0.1) is 0 Å². The number of carbonyl (C=O) groups is 2. The summed E-state index contributed by atoms with van der Waals surface area (Å²) in [6, 6.07) is 7.76. The van der Waals surface area contributed by atoms with Crippen molar-refractivity contribution >= 4 is 17.5 Å². The summed E-state index contributed by atoms with van der Waals surface area (Å²) < 4.78 is 0. The third kappa shape index (κ3) is 2.60. The summed E-state index contributed by atoms with van der Waals surface area (Å²) >= 11 is 0. The molecule has 1 aromatic carbocycles. The quantitative estimate of drug-likeness (QED) is 0.865. The zero-order valence-electron chi connectivity index (χ0n) is 12.5. The van der Waals surface area contributed by atoms with Crippen molar-refractivity contribution < 1.29 is 9.59 Å². The fraction of sp³-hybridized carbons (Fsp3) is 0.529. The normalized spacial score (nSPS) is 25.3. The summed E-state index contributed by atoms with van der Waals surface area (Å²) in [6.45, 7) is 3.71. The fourth-order valence-corrected chi connectivity index (χ4v) is 3.49. The Morgan fingerprint density at radius 1 is 1.14 bits per heavy atom. The van der Waals surface area contributed by atoms with Crippen LogP contribution in [0.1, 0.15) is 38.2 Å². The van der Waals surface area contributed by atoms with Gasteiger partial charge in [-0.1, -0.05) is 31.9 Å². The summed E-state index contributed by atoms with van der Waals surface area (Å²) in [6.07, 6.45) is 3.86. The Labute approximate surface area is 125 Å². The van der Waals surface area contributed by atoms with Crippen LogP contribution < -0.4 is 10.2 Å². The van der Waals surface area contributed by atoms with Gasteiger partial charge in [0.1, 0.15) is 0 Å². The molecule has 3 rings (SSSR count). The van der Waals surface area contributed by atoms with Gasteiger partial charge in [0.05, 0.1) is 17.5 Å². The first-order valence-corrected chi connectivity index (χ1v) is 7.90. The van der Waals surface area contributed by atoms with Gasteiger partial charge in [0.25, 0.3) is 0 Å². The van der Waals surface area contributed by atoms with Crippen LogP contribution in [0.25, 0.3) is 0 Å². The summed E-state index contributed by atoms with van der Waals surface area (Å²) in [7, 11) is 0. The number of nitrogens with one attached hydrogen (secondary N) is 1. The van der Waals surface area contributed by atoms with E-state index in [1.165, 1.54) is 4.90 Å². The number of carbonyl (C=O) groups excluding carboxylic acids is 2. The second-order valence-electron chi connectivity index (χ2n) is 5.96. The number of imide groups is 1. The van der Waals surface area contributed by atoms with Crippen LogP contribution in [0, 0.1) is 11.8 Å². The SMILES string of the molecule is CCNCc1cccc(N2C(=O)C3CCCCC3C2=O)c1. The molecule has 1 aromatic rings. The molecular formula is C17H22N2O2. The number of hydrogen-bond donors (Lipinski definition) is 1. The van der Waals surface area contributed by atoms with Crippen LogP contribution in [-0.2, 0) is 16.1 Å². The topological polar surface area (TPSA) is 49.4 Å². The molecule has 1 saturated carbocycles. The maximum atomic E-state index is 12.6. The molecule has 1 aliphatic carbocycles.